The van der Waals surface area contributed by atoms with E-state index in [1.165, 1.54) is 6.07 Å². The van der Waals surface area contributed by atoms with Gasteiger partial charge >= 0.3 is 18.3 Å². The summed E-state index contributed by atoms with van der Waals surface area (Å²) in [6.45, 7) is 1.94. The number of nitrogens with zero attached hydrogens (tertiary/aromatic N) is 1. The van der Waals surface area contributed by atoms with Gasteiger partial charge in [-0.3, -0.25) is 9.69 Å². The zero-order valence-corrected chi connectivity index (χ0v) is 21.0. The summed E-state index contributed by atoms with van der Waals surface area (Å²) in [6, 6.07) is 7.77. The molecule has 2 aliphatic heterocycles. The van der Waals surface area contributed by atoms with E-state index in [1.54, 1.807) is 18.2 Å². The van der Waals surface area contributed by atoms with Crippen LogP contribution in [0.2, 0.25) is 0 Å². The molecular weight excluding hydrogens is 512 g/mol. The van der Waals surface area contributed by atoms with Gasteiger partial charge < -0.3 is 9.84 Å². The first-order valence-electron chi connectivity index (χ1n) is 13.2. The number of alkyl halides is 6. The second-order valence-corrected chi connectivity index (χ2v) is 11.1. The second kappa shape index (κ2) is 9.92. The van der Waals surface area contributed by atoms with Crippen molar-refractivity contribution in [2.75, 3.05) is 0 Å². The molecule has 1 aliphatic carbocycles. The third-order valence-corrected chi connectivity index (χ3v) is 8.79. The van der Waals surface area contributed by atoms with Crippen LogP contribution >= 0.6 is 0 Å². The number of hydrogen-bond acceptors (Lipinski definition) is 3. The molecule has 2 heterocycles. The minimum absolute atomic E-state index is 0.00361. The average molecular weight is 544 g/mol. The van der Waals surface area contributed by atoms with Gasteiger partial charge in [-0.1, -0.05) is 18.2 Å². The van der Waals surface area contributed by atoms with Gasteiger partial charge in [0.25, 0.3) is 0 Å². The number of halogens is 6. The van der Waals surface area contributed by atoms with E-state index < -0.39 is 41.8 Å². The van der Waals surface area contributed by atoms with Gasteiger partial charge in [-0.15, -0.1) is 0 Å². The first-order valence-corrected chi connectivity index (χ1v) is 13.2. The molecular formula is C28H31F6NO3. The molecule has 3 aliphatic rings. The molecule has 10 heteroatoms. The number of hydrogen-bond donors (Lipinski definition) is 1. The highest BCUT2D eigenvalue weighted by atomic mass is 19.4. The molecule has 2 unspecified atom stereocenters. The van der Waals surface area contributed by atoms with Crippen molar-refractivity contribution in [3.8, 4) is 5.75 Å². The highest BCUT2D eigenvalue weighted by molar-refractivity contribution is 5.89. The fourth-order valence-electron chi connectivity index (χ4n) is 6.87. The molecule has 3 fully saturated rings. The number of ether oxygens (including phenoxy) is 1. The largest absolute Gasteiger partial charge is 0.490 e. The van der Waals surface area contributed by atoms with Crippen LogP contribution in [0.15, 0.2) is 30.3 Å². The molecule has 2 aromatic rings. The minimum atomic E-state index is -4.72. The number of benzene rings is 2. The Balaban J connectivity index is 1.43. The van der Waals surface area contributed by atoms with E-state index in [-0.39, 0.29) is 54.9 Å². The Morgan fingerprint density at radius 2 is 1.55 bits per heavy atom. The van der Waals surface area contributed by atoms with E-state index >= 15 is 0 Å². The van der Waals surface area contributed by atoms with Crippen LogP contribution in [0.3, 0.4) is 0 Å². The number of carboxylic acids is 1. The normalized spacial score (nSPS) is 29.4. The predicted molar refractivity (Wildman–Crippen MR) is 129 cm³/mol. The Hall–Kier alpha value is -2.49. The Morgan fingerprint density at radius 1 is 0.947 bits per heavy atom. The molecule has 0 radical (unpaired) electrons. The summed E-state index contributed by atoms with van der Waals surface area (Å²) in [5, 5.41) is 9.87. The number of aliphatic carboxylic acids is 1. The highest BCUT2D eigenvalue weighted by Crippen LogP contribution is 2.47. The van der Waals surface area contributed by atoms with Gasteiger partial charge in [0, 0.05) is 18.1 Å². The Morgan fingerprint density at radius 3 is 2.11 bits per heavy atom. The number of rotatable bonds is 5. The van der Waals surface area contributed by atoms with E-state index in [2.05, 4.69) is 4.90 Å². The SMILES string of the molecule is C[C@H](c1ccc2ccc(OC3CCC(C(F)(F)F)CC3)c(C(F)(F)F)c2c1)N1C2CCC1CC(C(=O)O)C2. The van der Waals surface area contributed by atoms with Crippen LogP contribution in [0, 0.1) is 11.8 Å². The summed E-state index contributed by atoms with van der Waals surface area (Å²) in [7, 11) is 0. The van der Waals surface area contributed by atoms with Gasteiger partial charge in [0.15, 0.2) is 0 Å². The van der Waals surface area contributed by atoms with E-state index in [4.69, 9.17) is 4.74 Å². The molecule has 208 valence electrons. The van der Waals surface area contributed by atoms with Gasteiger partial charge in [-0.25, -0.2) is 0 Å². The molecule has 0 amide bonds. The molecule has 0 aromatic heterocycles. The summed E-state index contributed by atoms with van der Waals surface area (Å²) in [4.78, 5) is 13.8. The molecule has 1 N–H and O–H groups in total. The predicted octanol–water partition coefficient (Wildman–Crippen LogP) is 7.75. The molecule has 2 saturated heterocycles. The maximum atomic E-state index is 14.4. The number of carbonyl (C=O) groups is 1. The van der Waals surface area contributed by atoms with Gasteiger partial charge in [0.1, 0.15) is 11.3 Å². The lowest BCUT2D eigenvalue weighted by atomic mass is 9.87. The Bertz CT molecular complexity index is 1170. The van der Waals surface area contributed by atoms with Crippen molar-refractivity contribution in [2.24, 2.45) is 11.8 Å². The first-order chi connectivity index (χ1) is 17.8. The molecule has 0 spiro atoms. The summed E-state index contributed by atoms with van der Waals surface area (Å²) in [5.74, 6) is -2.99. The topological polar surface area (TPSA) is 49.8 Å². The van der Waals surface area contributed by atoms with E-state index in [1.807, 2.05) is 13.0 Å². The summed E-state index contributed by atoms with van der Waals surface area (Å²) in [6.07, 6.45) is -7.16. The lowest BCUT2D eigenvalue weighted by Crippen LogP contribution is -2.45. The van der Waals surface area contributed by atoms with Crippen LogP contribution in [-0.2, 0) is 11.0 Å². The number of carboxylic acid groups (broad SMARTS) is 1. The monoisotopic (exact) mass is 543 g/mol. The van der Waals surface area contributed by atoms with Crippen LogP contribution in [-0.4, -0.2) is 40.3 Å². The zero-order chi connectivity index (χ0) is 27.4. The van der Waals surface area contributed by atoms with Crippen LogP contribution in [0.5, 0.6) is 5.75 Å². The van der Waals surface area contributed by atoms with Gasteiger partial charge in [-0.05, 0) is 86.8 Å². The standard InChI is InChI=1S/C28H31F6NO3/c1-15(35-20-7-8-21(35)13-18(12-20)26(36)37)17-3-2-16-4-11-24(25(23(16)14-17)28(32,33)34)38-22-9-5-19(6-10-22)27(29,30)31/h2-4,11,14-15,18-22H,5-10,12-13H2,1H3,(H,36,37)/t15-,18?,19?,20?,21?,22?/m1/s1. The van der Waals surface area contributed by atoms with Crippen LogP contribution in [0.4, 0.5) is 26.3 Å². The van der Waals surface area contributed by atoms with Crippen molar-refractivity contribution in [3.63, 3.8) is 0 Å². The molecule has 5 rings (SSSR count). The van der Waals surface area contributed by atoms with E-state index in [9.17, 15) is 36.2 Å². The maximum Gasteiger partial charge on any atom is 0.420 e. The fraction of sp³-hybridized carbons (Fsp3) is 0.607. The smallest absolute Gasteiger partial charge is 0.420 e. The van der Waals surface area contributed by atoms with Crippen molar-refractivity contribution in [1.82, 2.24) is 4.90 Å². The van der Waals surface area contributed by atoms with Crippen LogP contribution < -0.4 is 4.74 Å². The van der Waals surface area contributed by atoms with E-state index in [0.717, 1.165) is 12.8 Å². The molecule has 1 saturated carbocycles. The van der Waals surface area contributed by atoms with Crippen LogP contribution in [0.1, 0.15) is 75.5 Å². The second-order valence-electron chi connectivity index (χ2n) is 11.1. The summed E-state index contributed by atoms with van der Waals surface area (Å²) < 4.78 is 88.0. The quantitative estimate of drug-likeness (QED) is 0.392. The van der Waals surface area contributed by atoms with E-state index in [0.29, 0.717) is 23.8 Å². The lowest BCUT2D eigenvalue weighted by Gasteiger charge is -2.41. The molecule has 2 aromatic carbocycles. The lowest BCUT2D eigenvalue weighted by molar-refractivity contribution is -0.185. The first kappa shape index (κ1) is 27.1. The Kier molecular flexibility index (Phi) is 7.07. The van der Waals surface area contributed by atoms with Crippen molar-refractivity contribution >= 4 is 16.7 Å². The summed E-state index contributed by atoms with van der Waals surface area (Å²) >= 11 is 0. The number of piperidine rings is 1. The molecule has 3 atom stereocenters. The highest BCUT2D eigenvalue weighted by Gasteiger charge is 2.46. The summed E-state index contributed by atoms with van der Waals surface area (Å²) in [5.41, 5.74) is -0.203. The van der Waals surface area contributed by atoms with Crippen molar-refractivity contribution < 1.29 is 41.0 Å². The van der Waals surface area contributed by atoms with Crippen molar-refractivity contribution in [1.29, 1.82) is 0 Å². The maximum absolute atomic E-state index is 14.4. The number of fused-ring (bicyclic) bond motifs is 3. The minimum Gasteiger partial charge on any atom is -0.490 e. The third kappa shape index (κ3) is 5.20. The van der Waals surface area contributed by atoms with Crippen molar-refractivity contribution in [2.45, 2.75) is 94.9 Å². The van der Waals surface area contributed by atoms with Crippen molar-refractivity contribution in [3.05, 3.63) is 41.5 Å². The van der Waals surface area contributed by atoms with Gasteiger partial charge in [0.2, 0.25) is 0 Å². The zero-order valence-electron chi connectivity index (χ0n) is 21.0. The van der Waals surface area contributed by atoms with Gasteiger partial charge in [0.05, 0.1) is 17.9 Å². The fourth-order valence-corrected chi connectivity index (χ4v) is 6.87. The molecule has 38 heavy (non-hydrogen) atoms. The van der Waals surface area contributed by atoms with Crippen LogP contribution in [0.25, 0.3) is 10.8 Å². The average Bonchev–Trinajstić information content (AvgIpc) is 3.10. The third-order valence-electron chi connectivity index (χ3n) is 8.79. The molecule has 4 nitrogen and oxygen atoms in total. The Labute approximate surface area is 216 Å². The molecule has 2 bridgehead atoms. The van der Waals surface area contributed by atoms with Gasteiger partial charge in [-0.2, -0.15) is 26.3 Å².